The van der Waals surface area contributed by atoms with E-state index in [4.69, 9.17) is 4.74 Å². The van der Waals surface area contributed by atoms with E-state index in [1.54, 1.807) is 0 Å². The lowest BCUT2D eigenvalue weighted by Gasteiger charge is -2.24. The number of likely N-dealkylation sites (N-methyl/N-ethyl adjacent to an activating group) is 1. The van der Waals surface area contributed by atoms with Crippen molar-refractivity contribution in [3.8, 4) is 0 Å². The molecule has 0 saturated carbocycles. The molecule has 0 aromatic rings. The quantitative estimate of drug-likeness (QED) is 0.638. The molecule has 0 aromatic carbocycles. The van der Waals surface area contributed by atoms with E-state index in [1.807, 2.05) is 0 Å². The van der Waals surface area contributed by atoms with Crippen LogP contribution in [-0.4, -0.2) is 61.5 Å². The summed E-state index contributed by atoms with van der Waals surface area (Å²) in [4.78, 5) is 24.5. The largest absolute Gasteiger partial charge is 0.379 e. The molecule has 2 aliphatic rings. The van der Waals surface area contributed by atoms with Crippen LogP contribution in [-0.2, 0) is 14.3 Å². The number of carbonyl (C=O) groups is 2. The molecule has 100 valence electrons. The zero-order valence-electron chi connectivity index (χ0n) is 10.1. The number of amides is 2. The lowest BCUT2D eigenvalue weighted by molar-refractivity contribution is -0.136. The standard InChI is InChI=1S/C6H13NO.C5H7NO2.CH4/c1-2-7-3-5-8-6-4-7;1-6-4(7)2-3-5(6)8;/h2-6H2,1H3;2-3H2,1H3;1H4. The Morgan fingerprint density at radius 2 is 1.59 bits per heavy atom. The number of carbonyl (C=O) groups excluding carboxylic acids is 2. The monoisotopic (exact) mass is 244 g/mol. The average Bonchev–Trinajstić information content (AvgIpc) is 2.62. The highest BCUT2D eigenvalue weighted by Crippen LogP contribution is 2.07. The summed E-state index contributed by atoms with van der Waals surface area (Å²) in [7, 11) is 1.51. The normalized spacial score (nSPS) is 20.7. The average molecular weight is 244 g/mol. The van der Waals surface area contributed by atoms with Crippen LogP contribution in [0.25, 0.3) is 0 Å². The van der Waals surface area contributed by atoms with E-state index < -0.39 is 0 Å². The van der Waals surface area contributed by atoms with Crippen LogP contribution in [0.1, 0.15) is 27.2 Å². The fraction of sp³-hybridized carbons (Fsp3) is 0.833. The topological polar surface area (TPSA) is 49.9 Å². The maximum Gasteiger partial charge on any atom is 0.229 e. The van der Waals surface area contributed by atoms with Crippen molar-refractivity contribution in [1.29, 1.82) is 0 Å². The zero-order chi connectivity index (χ0) is 12.0. The van der Waals surface area contributed by atoms with E-state index in [2.05, 4.69) is 11.8 Å². The highest BCUT2D eigenvalue weighted by atomic mass is 16.5. The molecule has 2 aliphatic heterocycles. The first-order valence-corrected chi connectivity index (χ1v) is 5.74. The van der Waals surface area contributed by atoms with Gasteiger partial charge in [0, 0.05) is 33.0 Å². The molecule has 0 aliphatic carbocycles. The fourth-order valence-corrected chi connectivity index (χ4v) is 1.61. The Kier molecular flexibility index (Phi) is 7.74. The van der Waals surface area contributed by atoms with Crippen LogP contribution in [0.4, 0.5) is 0 Å². The van der Waals surface area contributed by atoms with E-state index in [0.29, 0.717) is 12.8 Å². The SMILES string of the molecule is C.CCN1CCOCC1.CN1C(=O)CCC1=O. The van der Waals surface area contributed by atoms with E-state index in [1.165, 1.54) is 18.5 Å². The third kappa shape index (κ3) is 5.28. The third-order valence-electron chi connectivity index (χ3n) is 2.85. The molecule has 17 heavy (non-hydrogen) atoms. The summed E-state index contributed by atoms with van der Waals surface area (Å²) in [5.41, 5.74) is 0. The molecule has 0 atom stereocenters. The molecule has 0 unspecified atom stereocenters. The van der Waals surface area contributed by atoms with Crippen molar-refractivity contribution in [2.45, 2.75) is 27.2 Å². The first-order valence-electron chi connectivity index (χ1n) is 5.74. The molecule has 2 fully saturated rings. The van der Waals surface area contributed by atoms with E-state index in [-0.39, 0.29) is 19.2 Å². The molecule has 0 bridgehead atoms. The van der Waals surface area contributed by atoms with E-state index in [9.17, 15) is 9.59 Å². The van der Waals surface area contributed by atoms with Crippen LogP contribution in [0.5, 0.6) is 0 Å². The summed E-state index contributed by atoms with van der Waals surface area (Å²) in [5.74, 6) is -0.120. The van der Waals surface area contributed by atoms with Gasteiger partial charge in [-0.3, -0.25) is 19.4 Å². The Morgan fingerprint density at radius 3 is 1.82 bits per heavy atom. The van der Waals surface area contributed by atoms with Crippen LogP contribution in [0.15, 0.2) is 0 Å². The van der Waals surface area contributed by atoms with Gasteiger partial charge in [0.25, 0.3) is 0 Å². The lowest BCUT2D eigenvalue weighted by Crippen LogP contribution is -2.35. The molecule has 0 N–H and O–H groups in total. The van der Waals surface area contributed by atoms with Gasteiger partial charge in [0.1, 0.15) is 0 Å². The van der Waals surface area contributed by atoms with Crippen LogP contribution < -0.4 is 0 Å². The van der Waals surface area contributed by atoms with Crippen LogP contribution in [0.2, 0.25) is 0 Å². The fourth-order valence-electron chi connectivity index (χ4n) is 1.61. The van der Waals surface area contributed by atoms with Gasteiger partial charge in [-0.25, -0.2) is 0 Å². The molecule has 2 heterocycles. The predicted molar refractivity (Wildman–Crippen MR) is 66.7 cm³/mol. The zero-order valence-corrected chi connectivity index (χ0v) is 10.1. The number of likely N-dealkylation sites (tertiary alicyclic amines) is 1. The first kappa shape index (κ1) is 16.1. The van der Waals surface area contributed by atoms with Crippen molar-refractivity contribution in [2.75, 3.05) is 39.9 Å². The van der Waals surface area contributed by atoms with Gasteiger partial charge in [-0.15, -0.1) is 0 Å². The number of rotatable bonds is 1. The van der Waals surface area contributed by atoms with Gasteiger partial charge in [-0.2, -0.15) is 0 Å². The van der Waals surface area contributed by atoms with Crippen molar-refractivity contribution < 1.29 is 14.3 Å². The minimum Gasteiger partial charge on any atom is -0.379 e. The highest BCUT2D eigenvalue weighted by molar-refractivity contribution is 6.01. The number of ether oxygens (including phenoxy) is 1. The number of hydrogen-bond acceptors (Lipinski definition) is 4. The summed E-state index contributed by atoms with van der Waals surface area (Å²) in [5, 5.41) is 0. The summed E-state index contributed by atoms with van der Waals surface area (Å²) in [6.07, 6.45) is 0.796. The summed E-state index contributed by atoms with van der Waals surface area (Å²) < 4.78 is 5.16. The van der Waals surface area contributed by atoms with Gasteiger partial charge in [0.2, 0.25) is 11.8 Å². The summed E-state index contributed by atoms with van der Waals surface area (Å²) in [6, 6.07) is 0. The molecule has 2 saturated heterocycles. The summed E-state index contributed by atoms with van der Waals surface area (Å²) in [6.45, 7) is 7.45. The molecule has 5 nitrogen and oxygen atoms in total. The summed E-state index contributed by atoms with van der Waals surface area (Å²) >= 11 is 0. The lowest BCUT2D eigenvalue weighted by atomic mass is 10.4. The van der Waals surface area contributed by atoms with Gasteiger partial charge in [0.05, 0.1) is 13.2 Å². The molecule has 0 radical (unpaired) electrons. The number of imide groups is 1. The maximum absolute atomic E-state index is 10.5. The van der Waals surface area contributed by atoms with Crippen molar-refractivity contribution in [2.24, 2.45) is 0 Å². The van der Waals surface area contributed by atoms with Gasteiger partial charge < -0.3 is 4.74 Å². The molecule has 0 aromatic heterocycles. The van der Waals surface area contributed by atoms with Gasteiger partial charge in [-0.1, -0.05) is 14.4 Å². The maximum atomic E-state index is 10.5. The second kappa shape index (κ2) is 8.20. The molecule has 2 amide bonds. The molecule has 5 heteroatoms. The Bertz CT molecular complexity index is 234. The second-order valence-corrected chi connectivity index (χ2v) is 3.89. The van der Waals surface area contributed by atoms with Gasteiger partial charge in [0.15, 0.2) is 0 Å². The van der Waals surface area contributed by atoms with Crippen molar-refractivity contribution in [1.82, 2.24) is 9.80 Å². The van der Waals surface area contributed by atoms with Crippen molar-refractivity contribution in [3.63, 3.8) is 0 Å². The van der Waals surface area contributed by atoms with E-state index >= 15 is 0 Å². The van der Waals surface area contributed by atoms with Crippen molar-refractivity contribution >= 4 is 11.8 Å². The Labute approximate surface area is 104 Å². The first-order chi connectivity index (χ1) is 7.65. The number of morpholine rings is 1. The molecular formula is C12H24N2O3. The predicted octanol–water partition coefficient (Wildman–Crippen LogP) is 0.740. The smallest absolute Gasteiger partial charge is 0.229 e. The number of nitrogens with zero attached hydrogens (tertiary/aromatic N) is 2. The minimum absolute atomic E-state index is 0. The molecule has 0 spiro atoms. The second-order valence-electron chi connectivity index (χ2n) is 3.89. The Balaban J connectivity index is 0.000000284. The van der Waals surface area contributed by atoms with Gasteiger partial charge >= 0.3 is 0 Å². The number of hydrogen-bond donors (Lipinski definition) is 0. The molecule has 2 rings (SSSR count). The van der Waals surface area contributed by atoms with Crippen LogP contribution in [0.3, 0.4) is 0 Å². The minimum atomic E-state index is -0.0602. The van der Waals surface area contributed by atoms with Gasteiger partial charge in [-0.05, 0) is 6.54 Å². The third-order valence-corrected chi connectivity index (χ3v) is 2.85. The molecular weight excluding hydrogens is 220 g/mol. The van der Waals surface area contributed by atoms with Crippen LogP contribution >= 0.6 is 0 Å². The van der Waals surface area contributed by atoms with Crippen LogP contribution in [0, 0.1) is 0 Å². The highest BCUT2D eigenvalue weighted by Gasteiger charge is 2.24. The van der Waals surface area contributed by atoms with E-state index in [0.717, 1.165) is 26.3 Å². The van der Waals surface area contributed by atoms with Crippen molar-refractivity contribution in [3.05, 3.63) is 0 Å². The Morgan fingerprint density at radius 1 is 1.12 bits per heavy atom. The Hall–Kier alpha value is -0.940.